The van der Waals surface area contributed by atoms with Crippen molar-refractivity contribution < 1.29 is 0 Å². The number of nitriles is 1. The van der Waals surface area contributed by atoms with Gasteiger partial charge in [0.25, 0.3) is 0 Å². The molecule has 0 saturated carbocycles. The molecule has 1 aromatic rings. The van der Waals surface area contributed by atoms with Gasteiger partial charge in [0.05, 0.1) is 11.6 Å². The summed E-state index contributed by atoms with van der Waals surface area (Å²) in [6.07, 6.45) is 0. The summed E-state index contributed by atoms with van der Waals surface area (Å²) >= 11 is 0. The Morgan fingerprint density at radius 3 is 2.87 bits per heavy atom. The van der Waals surface area contributed by atoms with E-state index in [1.54, 1.807) is 0 Å². The van der Waals surface area contributed by atoms with E-state index < -0.39 is 0 Å². The lowest BCUT2D eigenvalue weighted by Gasteiger charge is -2.22. The van der Waals surface area contributed by atoms with Gasteiger partial charge in [0, 0.05) is 19.3 Å². The molecule has 0 aliphatic rings. The molecule has 0 saturated heterocycles. The summed E-state index contributed by atoms with van der Waals surface area (Å²) in [6.45, 7) is 3.71. The number of nitrogens with two attached hydrogens (primary N) is 1. The molecule has 1 aromatic carbocycles. The molecule has 1 rings (SSSR count). The zero-order valence-corrected chi connectivity index (χ0v) is 9.27. The number of hydrogen-bond acceptors (Lipinski definition) is 3. The largest absolute Gasteiger partial charge is 0.374 e. The topological polar surface area (TPSA) is 53.0 Å². The van der Waals surface area contributed by atoms with Gasteiger partial charge >= 0.3 is 0 Å². The van der Waals surface area contributed by atoms with Gasteiger partial charge < -0.3 is 10.6 Å². The highest BCUT2D eigenvalue weighted by molar-refractivity contribution is 5.50. The predicted octanol–water partition coefficient (Wildman–Crippen LogP) is 1.59. The average molecular weight is 203 g/mol. The van der Waals surface area contributed by atoms with Gasteiger partial charge in [0.1, 0.15) is 0 Å². The Balaban J connectivity index is 2.73. The highest BCUT2D eigenvalue weighted by Crippen LogP contribution is 2.15. The number of anilines is 1. The van der Waals surface area contributed by atoms with E-state index in [-0.39, 0.29) is 0 Å². The second-order valence-electron chi connectivity index (χ2n) is 3.88. The highest BCUT2D eigenvalue weighted by Gasteiger charge is 2.05. The first-order valence-electron chi connectivity index (χ1n) is 5.08. The second-order valence-corrected chi connectivity index (χ2v) is 3.88. The summed E-state index contributed by atoms with van der Waals surface area (Å²) < 4.78 is 0. The van der Waals surface area contributed by atoms with Crippen molar-refractivity contribution in [3.8, 4) is 6.07 Å². The van der Waals surface area contributed by atoms with Gasteiger partial charge in [-0.05, 0) is 30.7 Å². The molecule has 0 bridgehead atoms. The molecule has 0 radical (unpaired) electrons. The van der Waals surface area contributed by atoms with Crippen molar-refractivity contribution in [2.24, 2.45) is 11.7 Å². The molecular formula is C12H17N3. The maximum absolute atomic E-state index is 8.78. The number of rotatable bonds is 4. The van der Waals surface area contributed by atoms with Crippen LogP contribution >= 0.6 is 0 Å². The van der Waals surface area contributed by atoms with Crippen LogP contribution in [0.15, 0.2) is 24.3 Å². The molecule has 1 atom stereocenters. The van der Waals surface area contributed by atoms with Crippen molar-refractivity contribution in [1.29, 1.82) is 5.26 Å². The maximum atomic E-state index is 8.78. The lowest BCUT2D eigenvalue weighted by Crippen LogP contribution is -2.28. The summed E-state index contributed by atoms with van der Waals surface area (Å²) in [5.41, 5.74) is 7.33. The molecule has 80 valence electrons. The Kier molecular flexibility index (Phi) is 4.14. The molecule has 0 aliphatic carbocycles. The van der Waals surface area contributed by atoms with E-state index in [0.29, 0.717) is 18.0 Å². The Morgan fingerprint density at radius 1 is 1.53 bits per heavy atom. The fourth-order valence-corrected chi connectivity index (χ4v) is 1.46. The molecule has 0 spiro atoms. The van der Waals surface area contributed by atoms with Crippen molar-refractivity contribution in [2.45, 2.75) is 6.92 Å². The summed E-state index contributed by atoms with van der Waals surface area (Å²) in [5.74, 6) is 0.459. The summed E-state index contributed by atoms with van der Waals surface area (Å²) in [4.78, 5) is 2.12. The molecule has 1 unspecified atom stereocenters. The van der Waals surface area contributed by atoms with E-state index in [1.807, 2.05) is 31.3 Å². The third-order valence-corrected chi connectivity index (χ3v) is 2.40. The normalized spacial score (nSPS) is 11.9. The predicted molar refractivity (Wildman–Crippen MR) is 62.6 cm³/mol. The van der Waals surface area contributed by atoms with Crippen molar-refractivity contribution >= 4 is 5.69 Å². The van der Waals surface area contributed by atoms with Crippen molar-refractivity contribution in [3.05, 3.63) is 29.8 Å². The first kappa shape index (κ1) is 11.5. The summed E-state index contributed by atoms with van der Waals surface area (Å²) in [6, 6.07) is 9.74. The average Bonchev–Trinajstić information content (AvgIpc) is 2.28. The Labute approximate surface area is 91.1 Å². The van der Waals surface area contributed by atoms with Crippen molar-refractivity contribution in [1.82, 2.24) is 0 Å². The van der Waals surface area contributed by atoms with Gasteiger partial charge in [-0.25, -0.2) is 0 Å². The van der Waals surface area contributed by atoms with E-state index in [4.69, 9.17) is 11.0 Å². The maximum Gasteiger partial charge on any atom is 0.0992 e. The van der Waals surface area contributed by atoms with Crippen LogP contribution in [0.4, 0.5) is 5.69 Å². The zero-order valence-electron chi connectivity index (χ0n) is 9.27. The molecular weight excluding hydrogens is 186 g/mol. The SMILES string of the molecule is CC(CN)CN(C)c1cccc(C#N)c1. The fraction of sp³-hybridized carbons (Fsp3) is 0.417. The first-order chi connectivity index (χ1) is 7.17. The van der Waals surface area contributed by atoms with Crippen LogP contribution in [0.3, 0.4) is 0 Å². The van der Waals surface area contributed by atoms with Crippen LogP contribution in [-0.4, -0.2) is 20.1 Å². The monoisotopic (exact) mass is 203 g/mol. The minimum atomic E-state index is 0.459. The molecule has 2 N–H and O–H groups in total. The van der Waals surface area contributed by atoms with Crippen LogP contribution in [0.5, 0.6) is 0 Å². The highest BCUT2D eigenvalue weighted by atomic mass is 15.1. The van der Waals surface area contributed by atoms with Crippen LogP contribution < -0.4 is 10.6 Å². The van der Waals surface area contributed by atoms with Gasteiger partial charge in [-0.15, -0.1) is 0 Å². The van der Waals surface area contributed by atoms with Crippen LogP contribution in [0, 0.1) is 17.2 Å². The van der Waals surface area contributed by atoms with Gasteiger partial charge in [-0.1, -0.05) is 13.0 Å². The smallest absolute Gasteiger partial charge is 0.0992 e. The standard InChI is InChI=1S/C12H17N3/c1-10(7-13)9-15(2)12-5-3-4-11(6-12)8-14/h3-6,10H,7,9,13H2,1-2H3. The van der Waals surface area contributed by atoms with Crippen LogP contribution in [0.25, 0.3) is 0 Å². The van der Waals surface area contributed by atoms with Gasteiger partial charge in [-0.3, -0.25) is 0 Å². The van der Waals surface area contributed by atoms with E-state index in [0.717, 1.165) is 12.2 Å². The molecule has 3 heteroatoms. The fourth-order valence-electron chi connectivity index (χ4n) is 1.46. The first-order valence-corrected chi connectivity index (χ1v) is 5.08. The van der Waals surface area contributed by atoms with E-state index >= 15 is 0 Å². The van der Waals surface area contributed by atoms with Gasteiger partial charge in [0.15, 0.2) is 0 Å². The molecule has 0 aromatic heterocycles. The molecule has 3 nitrogen and oxygen atoms in total. The molecule has 0 amide bonds. The molecule has 0 aliphatic heterocycles. The van der Waals surface area contributed by atoms with E-state index in [1.165, 1.54) is 0 Å². The third kappa shape index (κ3) is 3.26. The van der Waals surface area contributed by atoms with E-state index in [9.17, 15) is 0 Å². The second kappa shape index (κ2) is 5.38. The quantitative estimate of drug-likeness (QED) is 0.808. The lowest BCUT2D eigenvalue weighted by molar-refractivity contribution is 0.590. The minimum Gasteiger partial charge on any atom is -0.374 e. The summed E-state index contributed by atoms with van der Waals surface area (Å²) in [5, 5.41) is 8.78. The minimum absolute atomic E-state index is 0.459. The third-order valence-electron chi connectivity index (χ3n) is 2.40. The Bertz CT molecular complexity index is 354. The molecule has 0 heterocycles. The Morgan fingerprint density at radius 2 is 2.27 bits per heavy atom. The van der Waals surface area contributed by atoms with Crippen LogP contribution in [-0.2, 0) is 0 Å². The number of nitrogens with zero attached hydrogens (tertiary/aromatic N) is 2. The van der Waals surface area contributed by atoms with Crippen LogP contribution in [0.1, 0.15) is 12.5 Å². The van der Waals surface area contributed by atoms with Gasteiger partial charge in [0.2, 0.25) is 0 Å². The van der Waals surface area contributed by atoms with Crippen molar-refractivity contribution in [2.75, 3.05) is 25.0 Å². The zero-order chi connectivity index (χ0) is 11.3. The summed E-state index contributed by atoms with van der Waals surface area (Å²) in [7, 11) is 2.02. The van der Waals surface area contributed by atoms with Crippen molar-refractivity contribution in [3.63, 3.8) is 0 Å². The Hall–Kier alpha value is -1.53. The van der Waals surface area contributed by atoms with E-state index in [2.05, 4.69) is 17.9 Å². The molecule has 0 fully saturated rings. The van der Waals surface area contributed by atoms with Crippen LogP contribution in [0.2, 0.25) is 0 Å². The number of hydrogen-bond donors (Lipinski definition) is 1. The number of benzene rings is 1. The molecule has 15 heavy (non-hydrogen) atoms. The lowest BCUT2D eigenvalue weighted by atomic mass is 10.1. The van der Waals surface area contributed by atoms with Gasteiger partial charge in [-0.2, -0.15) is 5.26 Å².